The Labute approximate surface area is 149 Å². The average molecular weight is 355 g/mol. The number of hydrazone groups is 1. The van der Waals surface area contributed by atoms with E-state index in [4.69, 9.17) is 11.6 Å². The van der Waals surface area contributed by atoms with Gasteiger partial charge in [0.1, 0.15) is 5.92 Å². The number of aliphatic imine (C=N–C) groups is 1. The zero-order valence-electron chi connectivity index (χ0n) is 13.2. The Kier molecular flexibility index (Phi) is 4.63. The minimum Gasteiger partial charge on any atom is -0.545 e. The third-order valence-electron chi connectivity index (χ3n) is 3.73. The van der Waals surface area contributed by atoms with Crippen LogP contribution >= 0.6 is 11.6 Å². The summed E-state index contributed by atoms with van der Waals surface area (Å²) in [5, 5.41) is 16.7. The van der Waals surface area contributed by atoms with Crippen molar-refractivity contribution in [2.24, 2.45) is 16.0 Å². The van der Waals surface area contributed by atoms with Gasteiger partial charge in [-0.2, -0.15) is 10.1 Å². The van der Waals surface area contributed by atoms with Gasteiger partial charge in [-0.05, 0) is 37.3 Å². The molecule has 1 aliphatic heterocycles. The molecule has 1 amide bonds. The zero-order valence-corrected chi connectivity index (χ0v) is 14.0. The van der Waals surface area contributed by atoms with Crippen LogP contribution in [0.25, 0.3) is 0 Å². The van der Waals surface area contributed by atoms with Crippen molar-refractivity contribution in [3.63, 3.8) is 0 Å². The van der Waals surface area contributed by atoms with Crippen molar-refractivity contribution < 1.29 is 14.7 Å². The number of carboxylic acid groups (broad SMARTS) is 1. The summed E-state index contributed by atoms with van der Waals surface area (Å²) in [7, 11) is 0. The van der Waals surface area contributed by atoms with Crippen LogP contribution in [0.2, 0.25) is 5.02 Å². The van der Waals surface area contributed by atoms with Crippen LogP contribution in [-0.2, 0) is 4.79 Å². The summed E-state index contributed by atoms with van der Waals surface area (Å²) in [4.78, 5) is 27.8. The van der Waals surface area contributed by atoms with Crippen molar-refractivity contribution >= 4 is 46.8 Å². The number of aromatic carboxylic acids is 1. The molecule has 1 atom stereocenters. The van der Waals surface area contributed by atoms with E-state index in [9.17, 15) is 14.7 Å². The smallest absolute Gasteiger partial charge is 0.261 e. The lowest BCUT2D eigenvalue weighted by atomic mass is 10.1. The van der Waals surface area contributed by atoms with Crippen molar-refractivity contribution in [3.8, 4) is 0 Å². The lowest BCUT2D eigenvalue weighted by molar-refractivity contribution is -0.255. The van der Waals surface area contributed by atoms with Gasteiger partial charge in [0.2, 0.25) is 0 Å². The van der Waals surface area contributed by atoms with E-state index in [1.54, 1.807) is 25.1 Å². The summed E-state index contributed by atoms with van der Waals surface area (Å²) >= 11 is 5.80. The Bertz CT molecular complexity index is 894. The second kappa shape index (κ2) is 6.86. The summed E-state index contributed by atoms with van der Waals surface area (Å²) in [6, 6.07) is 13.4. The van der Waals surface area contributed by atoms with Gasteiger partial charge in [-0.25, -0.2) is 0 Å². The van der Waals surface area contributed by atoms with Gasteiger partial charge < -0.3 is 9.90 Å². The second-order valence-corrected chi connectivity index (χ2v) is 5.84. The third kappa shape index (κ3) is 3.44. The van der Waals surface area contributed by atoms with Gasteiger partial charge in [0.05, 0.1) is 23.1 Å². The molecule has 7 heteroatoms. The van der Waals surface area contributed by atoms with Gasteiger partial charge in [-0.1, -0.05) is 29.8 Å². The van der Waals surface area contributed by atoms with Crippen molar-refractivity contribution in [2.45, 2.75) is 6.92 Å². The number of halogens is 1. The van der Waals surface area contributed by atoms with Crippen LogP contribution in [0.3, 0.4) is 0 Å². The van der Waals surface area contributed by atoms with Gasteiger partial charge in [0.25, 0.3) is 5.91 Å². The van der Waals surface area contributed by atoms with E-state index in [1.807, 2.05) is 18.2 Å². The van der Waals surface area contributed by atoms with Gasteiger partial charge >= 0.3 is 0 Å². The van der Waals surface area contributed by atoms with Crippen molar-refractivity contribution in [1.29, 1.82) is 0 Å². The molecule has 0 fully saturated rings. The van der Waals surface area contributed by atoms with Crippen LogP contribution in [0.5, 0.6) is 0 Å². The lowest BCUT2D eigenvalue weighted by Crippen LogP contribution is -2.27. The SMILES string of the molecule is CC1=NN(c2ccccc2)C(=O)[C@H]1C=Nc1ccc(Cl)c(C(=O)[O-])c1. The summed E-state index contributed by atoms with van der Waals surface area (Å²) in [6.45, 7) is 1.74. The summed E-state index contributed by atoms with van der Waals surface area (Å²) in [5.41, 5.74) is 1.49. The van der Waals surface area contributed by atoms with Gasteiger partial charge in [0, 0.05) is 16.8 Å². The van der Waals surface area contributed by atoms with Crippen molar-refractivity contribution in [1.82, 2.24) is 0 Å². The highest BCUT2D eigenvalue weighted by Gasteiger charge is 2.33. The van der Waals surface area contributed by atoms with E-state index in [0.717, 1.165) is 0 Å². The third-order valence-corrected chi connectivity index (χ3v) is 4.06. The molecule has 2 aromatic rings. The Hall–Kier alpha value is -2.99. The van der Waals surface area contributed by atoms with Crippen LogP contribution in [0.4, 0.5) is 11.4 Å². The fourth-order valence-corrected chi connectivity index (χ4v) is 2.61. The molecule has 0 saturated heterocycles. The highest BCUT2D eigenvalue weighted by Crippen LogP contribution is 2.25. The van der Waals surface area contributed by atoms with Gasteiger partial charge in [-0.3, -0.25) is 9.79 Å². The number of carbonyl (C=O) groups excluding carboxylic acids is 2. The Balaban J connectivity index is 1.83. The van der Waals surface area contributed by atoms with Crippen LogP contribution in [0.15, 0.2) is 58.6 Å². The molecule has 0 saturated carbocycles. The highest BCUT2D eigenvalue weighted by atomic mass is 35.5. The molecule has 0 radical (unpaired) electrons. The summed E-state index contributed by atoms with van der Waals surface area (Å²) in [6.07, 6.45) is 1.45. The predicted octanol–water partition coefficient (Wildman–Crippen LogP) is 2.44. The quantitative estimate of drug-likeness (QED) is 0.790. The average Bonchev–Trinajstić information content (AvgIpc) is 2.89. The summed E-state index contributed by atoms with van der Waals surface area (Å²) < 4.78 is 0. The fourth-order valence-electron chi connectivity index (χ4n) is 2.42. The molecular weight excluding hydrogens is 342 g/mol. The van der Waals surface area contributed by atoms with E-state index >= 15 is 0 Å². The number of rotatable bonds is 4. The second-order valence-electron chi connectivity index (χ2n) is 5.43. The molecule has 25 heavy (non-hydrogen) atoms. The first-order chi connectivity index (χ1) is 12.0. The molecule has 1 heterocycles. The molecule has 0 aromatic heterocycles. The normalized spacial score (nSPS) is 17.2. The molecular formula is C18H13ClN3O3-. The lowest BCUT2D eigenvalue weighted by Gasteiger charge is -2.12. The maximum absolute atomic E-state index is 12.6. The van der Waals surface area contributed by atoms with E-state index in [2.05, 4.69) is 10.1 Å². The van der Waals surface area contributed by atoms with Crippen LogP contribution in [0, 0.1) is 5.92 Å². The van der Waals surface area contributed by atoms with E-state index < -0.39 is 11.9 Å². The number of benzene rings is 2. The number of carbonyl (C=O) groups is 2. The molecule has 3 rings (SSSR count). The summed E-state index contributed by atoms with van der Waals surface area (Å²) in [5.74, 6) is -2.21. The maximum Gasteiger partial charge on any atom is 0.261 e. The van der Waals surface area contributed by atoms with Gasteiger partial charge in [0.15, 0.2) is 0 Å². The van der Waals surface area contributed by atoms with Crippen molar-refractivity contribution in [2.75, 3.05) is 5.01 Å². The molecule has 0 N–H and O–H groups in total. The zero-order chi connectivity index (χ0) is 18.0. The number of anilines is 1. The fraction of sp³-hybridized carbons (Fsp3) is 0.111. The topological polar surface area (TPSA) is 85.2 Å². The first-order valence-corrected chi connectivity index (χ1v) is 7.84. The molecule has 0 aliphatic carbocycles. The first kappa shape index (κ1) is 16.9. The molecule has 1 aliphatic rings. The molecule has 0 spiro atoms. The Morgan fingerprint density at radius 2 is 2.00 bits per heavy atom. The van der Waals surface area contributed by atoms with Crippen LogP contribution in [-0.4, -0.2) is 23.8 Å². The largest absolute Gasteiger partial charge is 0.545 e. The molecule has 0 unspecified atom stereocenters. The maximum atomic E-state index is 12.6. The van der Waals surface area contributed by atoms with E-state index in [-0.39, 0.29) is 16.5 Å². The number of amides is 1. The van der Waals surface area contributed by atoms with Crippen LogP contribution < -0.4 is 10.1 Å². The van der Waals surface area contributed by atoms with E-state index in [1.165, 1.54) is 23.4 Å². The van der Waals surface area contributed by atoms with Gasteiger partial charge in [-0.15, -0.1) is 0 Å². The molecule has 6 nitrogen and oxygen atoms in total. The predicted molar refractivity (Wildman–Crippen MR) is 94.5 cm³/mol. The number of para-hydroxylation sites is 1. The standard InChI is InChI=1S/C18H14ClN3O3/c1-11-15(17(23)22(21-11)13-5-3-2-4-6-13)10-20-12-7-8-16(19)14(9-12)18(24)25/h2-10,15H,1H3,(H,24,25)/p-1/t15-/m0/s1. The number of hydrogen-bond donors (Lipinski definition) is 0. The van der Waals surface area contributed by atoms with Crippen molar-refractivity contribution in [3.05, 3.63) is 59.1 Å². The Morgan fingerprint density at radius 1 is 1.28 bits per heavy atom. The minimum atomic E-state index is -1.38. The van der Waals surface area contributed by atoms with E-state index in [0.29, 0.717) is 17.1 Å². The molecule has 2 aromatic carbocycles. The number of hydrogen-bond acceptors (Lipinski definition) is 5. The monoisotopic (exact) mass is 354 g/mol. The number of nitrogens with zero attached hydrogens (tertiary/aromatic N) is 3. The first-order valence-electron chi connectivity index (χ1n) is 7.46. The highest BCUT2D eigenvalue weighted by molar-refractivity contribution is 6.33. The number of carboxylic acids is 1. The Morgan fingerprint density at radius 3 is 2.68 bits per heavy atom. The minimum absolute atomic E-state index is 0.0730. The molecule has 0 bridgehead atoms. The van der Waals surface area contributed by atoms with Crippen LogP contribution in [0.1, 0.15) is 17.3 Å². The molecule has 126 valence electrons.